The number of hydrogen-bond acceptors (Lipinski definition) is 4. The van der Waals surface area contributed by atoms with Crippen LogP contribution in [0.1, 0.15) is 11.6 Å². The van der Waals surface area contributed by atoms with E-state index in [1.807, 2.05) is 30.3 Å². The average Bonchev–Trinajstić information content (AvgIpc) is 2.50. The van der Waals surface area contributed by atoms with Crippen molar-refractivity contribution in [1.29, 1.82) is 0 Å². The molecule has 1 heterocycles. The minimum atomic E-state index is -0.632. The third-order valence-corrected chi connectivity index (χ3v) is 3.44. The van der Waals surface area contributed by atoms with Crippen LogP contribution in [-0.2, 0) is 19.1 Å². The van der Waals surface area contributed by atoms with Crippen LogP contribution < -0.4 is 5.32 Å². The molecule has 0 bridgehead atoms. The van der Waals surface area contributed by atoms with E-state index in [0.29, 0.717) is 13.2 Å². The lowest BCUT2D eigenvalue weighted by Gasteiger charge is -2.34. The topological polar surface area (TPSA) is 67.9 Å². The van der Waals surface area contributed by atoms with Crippen molar-refractivity contribution >= 4 is 11.8 Å². The van der Waals surface area contributed by atoms with Crippen molar-refractivity contribution in [2.75, 3.05) is 33.9 Å². The summed E-state index contributed by atoms with van der Waals surface area (Å²) in [6.45, 7) is 0.754. The second-order valence-electron chi connectivity index (χ2n) is 4.94. The van der Waals surface area contributed by atoms with Gasteiger partial charge in [-0.2, -0.15) is 0 Å². The highest BCUT2D eigenvalue weighted by Gasteiger charge is 2.34. The summed E-state index contributed by atoms with van der Waals surface area (Å²) >= 11 is 0. The summed E-state index contributed by atoms with van der Waals surface area (Å²) in [5.74, 6) is -0.297. The Morgan fingerprint density at radius 3 is 2.62 bits per heavy atom. The van der Waals surface area contributed by atoms with Crippen LogP contribution in [0.2, 0.25) is 0 Å². The lowest BCUT2D eigenvalue weighted by molar-refractivity contribution is -0.146. The quantitative estimate of drug-likeness (QED) is 0.821. The first-order chi connectivity index (χ1) is 10.2. The molecule has 1 aromatic rings. The summed E-state index contributed by atoms with van der Waals surface area (Å²) in [7, 11) is 3.14. The van der Waals surface area contributed by atoms with Gasteiger partial charge in [0.15, 0.2) is 0 Å². The monoisotopic (exact) mass is 292 g/mol. The Morgan fingerprint density at radius 2 is 2.00 bits per heavy atom. The number of benzene rings is 1. The fourth-order valence-electron chi connectivity index (χ4n) is 2.36. The van der Waals surface area contributed by atoms with E-state index in [2.05, 4.69) is 5.32 Å². The highest BCUT2D eigenvalue weighted by atomic mass is 16.5. The van der Waals surface area contributed by atoms with Gasteiger partial charge >= 0.3 is 0 Å². The molecule has 2 atom stereocenters. The molecule has 2 amide bonds. The molecule has 1 saturated heterocycles. The summed E-state index contributed by atoms with van der Waals surface area (Å²) in [5.41, 5.74) is 0.779. The smallest absolute Gasteiger partial charge is 0.250 e. The number of hydrogen-bond donors (Lipinski definition) is 1. The largest absolute Gasteiger partial charge is 0.382 e. The second kappa shape index (κ2) is 7.19. The molecular formula is C15H20N2O4. The van der Waals surface area contributed by atoms with Gasteiger partial charge in [-0.15, -0.1) is 0 Å². The Balaban J connectivity index is 2.12. The molecule has 21 heavy (non-hydrogen) atoms. The number of amides is 2. The molecule has 6 heteroatoms. The zero-order valence-electron chi connectivity index (χ0n) is 12.2. The predicted octanol–water partition coefficient (Wildman–Crippen LogP) is 0.347. The molecule has 1 fully saturated rings. The molecule has 2 rings (SSSR count). The SMILES string of the molecule is COCC(CN1CC(=O)NC(c2ccccc2)C1=O)OC. The number of rotatable bonds is 6. The molecule has 0 radical (unpaired) electrons. The number of nitrogens with one attached hydrogen (secondary N) is 1. The maximum absolute atomic E-state index is 12.5. The molecule has 6 nitrogen and oxygen atoms in total. The first kappa shape index (κ1) is 15.5. The van der Waals surface area contributed by atoms with Gasteiger partial charge in [-0.3, -0.25) is 9.59 Å². The van der Waals surface area contributed by atoms with Crippen LogP contribution in [0.5, 0.6) is 0 Å². The number of carbonyl (C=O) groups is 2. The zero-order chi connectivity index (χ0) is 15.2. The van der Waals surface area contributed by atoms with E-state index in [9.17, 15) is 9.59 Å². The Hall–Kier alpha value is -1.92. The van der Waals surface area contributed by atoms with Gasteiger partial charge in [0.05, 0.1) is 19.3 Å². The van der Waals surface area contributed by atoms with Crippen LogP contribution in [-0.4, -0.2) is 56.7 Å². The minimum absolute atomic E-state index is 0.0474. The van der Waals surface area contributed by atoms with Crippen LogP contribution in [0.3, 0.4) is 0 Å². The lowest BCUT2D eigenvalue weighted by Crippen LogP contribution is -2.55. The number of ether oxygens (including phenoxy) is 2. The number of carbonyl (C=O) groups excluding carboxylic acids is 2. The lowest BCUT2D eigenvalue weighted by atomic mass is 10.0. The number of nitrogens with zero attached hydrogens (tertiary/aromatic N) is 1. The summed E-state index contributed by atoms with van der Waals surface area (Å²) in [6.07, 6.45) is -0.249. The van der Waals surface area contributed by atoms with Crippen LogP contribution >= 0.6 is 0 Å². The first-order valence-electron chi connectivity index (χ1n) is 6.80. The number of piperazine rings is 1. The van der Waals surface area contributed by atoms with Crippen molar-refractivity contribution in [3.8, 4) is 0 Å². The molecule has 1 N–H and O–H groups in total. The molecule has 1 aliphatic heterocycles. The standard InChI is InChI=1S/C15H20N2O4/c1-20-10-12(21-2)8-17-9-13(18)16-14(15(17)19)11-6-4-3-5-7-11/h3-7,12,14H,8-10H2,1-2H3,(H,16,18). The van der Waals surface area contributed by atoms with E-state index < -0.39 is 6.04 Å². The molecule has 2 unspecified atom stereocenters. The highest BCUT2D eigenvalue weighted by Crippen LogP contribution is 2.19. The Kier molecular flexibility index (Phi) is 5.30. The van der Waals surface area contributed by atoms with E-state index in [1.54, 1.807) is 14.2 Å². The predicted molar refractivity (Wildman–Crippen MR) is 76.6 cm³/mol. The molecule has 1 aliphatic rings. The second-order valence-corrected chi connectivity index (χ2v) is 4.94. The number of methoxy groups -OCH3 is 2. The zero-order valence-corrected chi connectivity index (χ0v) is 12.2. The van der Waals surface area contributed by atoms with E-state index in [4.69, 9.17) is 9.47 Å². The average molecular weight is 292 g/mol. The van der Waals surface area contributed by atoms with E-state index in [1.165, 1.54) is 4.90 Å². The molecule has 0 aromatic heterocycles. The Bertz CT molecular complexity index is 492. The third kappa shape index (κ3) is 3.80. The van der Waals surface area contributed by atoms with Crippen molar-refractivity contribution in [3.63, 3.8) is 0 Å². The van der Waals surface area contributed by atoms with Crippen molar-refractivity contribution in [2.24, 2.45) is 0 Å². The third-order valence-electron chi connectivity index (χ3n) is 3.44. The first-order valence-corrected chi connectivity index (χ1v) is 6.80. The van der Waals surface area contributed by atoms with Gasteiger partial charge in [-0.05, 0) is 5.56 Å². The van der Waals surface area contributed by atoms with Crippen LogP contribution in [0.25, 0.3) is 0 Å². The van der Waals surface area contributed by atoms with Gasteiger partial charge in [0, 0.05) is 20.8 Å². The van der Waals surface area contributed by atoms with Gasteiger partial charge < -0.3 is 19.7 Å². The van der Waals surface area contributed by atoms with Gasteiger partial charge in [0.25, 0.3) is 0 Å². The van der Waals surface area contributed by atoms with Gasteiger partial charge in [0.2, 0.25) is 11.8 Å². The van der Waals surface area contributed by atoms with Crippen molar-refractivity contribution in [3.05, 3.63) is 35.9 Å². The van der Waals surface area contributed by atoms with Crippen LogP contribution in [0, 0.1) is 0 Å². The summed E-state index contributed by atoms with van der Waals surface area (Å²) in [6, 6.07) is 8.58. The maximum Gasteiger partial charge on any atom is 0.250 e. The van der Waals surface area contributed by atoms with E-state index in [-0.39, 0.29) is 24.5 Å². The summed E-state index contributed by atoms with van der Waals surface area (Å²) in [4.78, 5) is 25.9. The van der Waals surface area contributed by atoms with Gasteiger partial charge in [-0.25, -0.2) is 0 Å². The van der Waals surface area contributed by atoms with Gasteiger partial charge in [-0.1, -0.05) is 30.3 Å². The van der Waals surface area contributed by atoms with Crippen molar-refractivity contribution < 1.29 is 19.1 Å². The van der Waals surface area contributed by atoms with Crippen molar-refractivity contribution in [1.82, 2.24) is 10.2 Å². The van der Waals surface area contributed by atoms with Crippen LogP contribution in [0.4, 0.5) is 0 Å². The molecule has 1 aromatic carbocycles. The maximum atomic E-state index is 12.5. The van der Waals surface area contributed by atoms with Crippen LogP contribution in [0.15, 0.2) is 30.3 Å². The molecule has 0 saturated carbocycles. The van der Waals surface area contributed by atoms with Gasteiger partial charge in [0.1, 0.15) is 6.04 Å². The fourth-order valence-corrected chi connectivity index (χ4v) is 2.36. The highest BCUT2D eigenvalue weighted by molar-refractivity contribution is 5.95. The Labute approximate surface area is 124 Å². The van der Waals surface area contributed by atoms with Crippen molar-refractivity contribution in [2.45, 2.75) is 12.1 Å². The van der Waals surface area contributed by atoms with E-state index >= 15 is 0 Å². The normalized spacial score (nSPS) is 20.3. The Morgan fingerprint density at radius 1 is 1.29 bits per heavy atom. The molecule has 114 valence electrons. The summed E-state index contributed by atoms with van der Waals surface area (Å²) < 4.78 is 10.3. The molecule has 0 spiro atoms. The molecule has 0 aliphatic carbocycles. The minimum Gasteiger partial charge on any atom is -0.382 e. The fraction of sp³-hybridized carbons (Fsp3) is 0.467. The van der Waals surface area contributed by atoms with E-state index in [0.717, 1.165) is 5.56 Å². The summed E-state index contributed by atoms with van der Waals surface area (Å²) in [5, 5.41) is 2.73. The molecular weight excluding hydrogens is 272 g/mol.